The number of pyridine rings is 1. The third-order valence-corrected chi connectivity index (χ3v) is 2.86. The van der Waals surface area contributed by atoms with Crippen molar-refractivity contribution in [2.24, 2.45) is 0 Å². The van der Waals surface area contributed by atoms with Crippen LogP contribution in [-0.4, -0.2) is 38.7 Å². The Morgan fingerprint density at radius 1 is 1.47 bits per heavy atom. The molecule has 0 bridgehead atoms. The monoisotopic (exact) mass is 260 g/mol. The molecule has 19 heavy (non-hydrogen) atoms. The lowest BCUT2D eigenvalue weighted by atomic mass is 10.2. The molecule has 0 fully saturated rings. The van der Waals surface area contributed by atoms with Gasteiger partial charge in [0.2, 0.25) is 5.56 Å². The molecule has 0 atom stereocenters. The predicted octanol–water partition coefficient (Wildman–Crippen LogP) is 0.734. The average molecular weight is 260 g/mol. The van der Waals surface area contributed by atoms with Gasteiger partial charge in [0, 0.05) is 37.7 Å². The number of hydrogen-bond donors (Lipinski definition) is 1. The molecule has 0 saturated carbocycles. The Morgan fingerprint density at radius 2 is 2.32 bits per heavy atom. The Morgan fingerprint density at radius 3 is 2.89 bits per heavy atom. The third kappa shape index (κ3) is 3.31. The third-order valence-electron chi connectivity index (χ3n) is 2.86. The second-order valence-electron chi connectivity index (χ2n) is 4.10. The largest absolute Gasteiger partial charge is 0.337 e. The van der Waals surface area contributed by atoms with Crippen molar-refractivity contribution >= 4 is 5.91 Å². The highest BCUT2D eigenvalue weighted by Crippen LogP contribution is 2.02. The molecule has 100 valence electrons. The van der Waals surface area contributed by atoms with E-state index < -0.39 is 0 Å². The molecule has 0 aliphatic heterocycles. The van der Waals surface area contributed by atoms with E-state index in [0.29, 0.717) is 25.2 Å². The minimum absolute atomic E-state index is 0.0918. The number of carbonyl (C=O) groups excluding carboxylic acids is 1. The van der Waals surface area contributed by atoms with Gasteiger partial charge in [0.05, 0.1) is 12.1 Å². The maximum absolute atomic E-state index is 12.2. The Balaban J connectivity index is 2.02. The van der Waals surface area contributed by atoms with Crippen LogP contribution in [0, 0.1) is 0 Å². The van der Waals surface area contributed by atoms with Crippen LogP contribution >= 0.6 is 0 Å². The summed E-state index contributed by atoms with van der Waals surface area (Å²) >= 11 is 0. The summed E-state index contributed by atoms with van der Waals surface area (Å²) in [6.07, 6.45) is 5.01. The maximum atomic E-state index is 12.2. The highest BCUT2D eigenvalue weighted by atomic mass is 16.2. The van der Waals surface area contributed by atoms with Crippen molar-refractivity contribution in [3.05, 3.63) is 52.7 Å². The first kappa shape index (κ1) is 13.1. The van der Waals surface area contributed by atoms with E-state index >= 15 is 0 Å². The Labute approximate surface area is 110 Å². The number of nitrogens with zero attached hydrogens (tertiary/aromatic N) is 3. The minimum atomic E-state index is -0.212. The van der Waals surface area contributed by atoms with E-state index in [9.17, 15) is 9.59 Å². The Kier molecular flexibility index (Phi) is 4.12. The number of aromatic amines is 1. The topological polar surface area (TPSA) is 71.0 Å². The number of H-pyrrole nitrogens is 1. The summed E-state index contributed by atoms with van der Waals surface area (Å²) in [5.74, 6) is -0.0918. The molecular formula is C13H16N4O2. The molecule has 0 spiro atoms. The first-order valence-corrected chi connectivity index (χ1v) is 6.16. The zero-order valence-electron chi connectivity index (χ0n) is 10.7. The van der Waals surface area contributed by atoms with Crippen LogP contribution in [0.25, 0.3) is 0 Å². The van der Waals surface area contributed by atoms with Gasteiger partial charge < -0.3 is 9.88 Å². The van der Waals surface area contributed by atoms with Gasteiger partial charge in [-0.05, 0) is 19.1 Å². The molecule has 0 aliphatic rings. The summed E-state index contributed by atoms with van der Waals surface area (Å²) in [6, 6.07) is 4.74. The standard InChI is InChI=1S/C13H16N4O2/c1-2-16(8-9-17-7-3-6-15-17)13(19)11-4-5-12(18)14-10-11/h3-7,10H,2,8-9H2,1H3,(H,14,18). The zero-order valence-corrected chi connectivity index (χ0v) is 10.7. The summed E-state index contributed by atoms with van der Waals surface area (Å²) in [4.78, 5) is 27.4. The molecule has 0 saturated heterocycles. The first-order valence-electron chi connectivity index (χ1n) is 6.16. The first-order chi connectivity index (χ1) is 9.20. The maximum Gasteiger partial charge on any atom is 0.255 e. The second-order valence-corrected chi connectivity index (χ2v) is 4.10. The molecule has 0 radical (unpaired) electrons. The summed E-state index contributed by atoms with van der Waals surface area (Å²) in [5.41, 5.74) is 0.276. The smallest absolute Gasteiger partial charge is 0.255 e. The predicted molar refractivity (Wildman–Crippen MR) is 70.9 cm³/mol. The van der Waals surface area contributed by atoms with Gasteiger partial charge >= 0.3 is 0 Å². The summed E-state index contributed by atoms with van der Waals surface area (Å²) < 4.78 is 1.78. The van der Waals surface area contributed by atoms with Gasteiger partial charge in [-0.1, -0.05) is 0 Å². The van der Waals surface area contributed by atoms with Gasteiger partial charge in [0.1, 0.15) is 0 Å². The molecule has 0 unspecified atom stereocenters. The van der Waals surface area contributed by atoms with E-state index in [1.54, 1.807) is 15.8 Å². The van der Waals surface area contributed by atoms with Crippen LogP contribution in [-0.2, 0) is 6.54 Å². The lowest BCUT2D eigenvalue weighted by Crippen LogP contribution is -2.34. The molecule has 1 N–H and O–H groups in total. The van der Waals surface area contributed by atoms with Crippen molar-refractivity contribution in [3.63, 3.8) is 0 Å². The van der Waals surface area contributed by atoms with Crippen LogP contribution in [0.15, 0.2) is 41.6 Å². The van der Waals surface area contributed by atoms with E-state index in [-0.39, 0.29) is 11.5 Å². The number of amides is 1. The number of likely N-dealkylation sites (N-methyl/N-ethyl adjacent to an activating group) is 1. The van der Waals surface area contributed by atoms with Crippen LogP contribution < -0.4 is 5.56 Å². The molecule has 2 aromatic heterocycles. The average Bonchev–Trinajstić information content (AvgIpc) is 2.93. The molecule has 6 nitrogen and oxygen atoms in total. The fraction of sp³-hybridized carbons (Fsp3) is 0.308. The van der Waals surface area contributed by atoms with Gasteiger partial charge in [-0.15, -0.1) is 0 Å². The van der Waals surface area contributed by atoms with E-state index in [1.807, 2.05) is 19.2 Å². The van der Waals surface area contributed by atoms with Crippen molar-refractivity contribution in [2.75, 3.05) is 13.1 Å². The number of hydrogen-bond acceptors (Lipinski definition) is 3. The minimum Gasteiger partial charge on any atom is -0.337 e. The zero-order chi connectivity index (χ0) is 13.7. The fourth-order valence-corrected chi connectivity index (χ4v) is 1.79. The van der Waals surface area contributed by atoms with Crippen LogP contribution in [0.4, 0.5) is 0 Å². The number of carbonyl (C=O) groups is 1. The Hall–Kier alpha value is -2.37. The normalized spacial score (nSPS) is 10.4. The van der Waals surface area contributed by atoms with Crippen molar-refractivity contribution in [1.29, 1.82) is 0 Å². The molecule has 2 aromatic rings. The van der Waals surface area contributed by atoms with Crippen LogP contribution in [0.1, 0.15) is 17.3 Å². The second kappa shape index (κ2) is 5.99. The molecule has 0 aromatic carbocycles. The van der Waals surface area contributed by atoms with Crippen LogP contribution in [0.2, 0.25) is 0 Å². The number of nitrogens with one attached hydrogen (secondary N) is 1. The molecule has 0 aliphatic carbocycles. The van der Waals surface area contributed by atoms with E-state index in [1.165, 1.54) is 18.3 Å². The lowest BCUT2D eigenvalue weighted by molar-refractivity contribution is 0.0757. The van der Waals surface area contributed by atoms with Gasteiger partial charge in [-0.2, -0.15) is 5.10 Å². The van der Waals surface area contributed by atoms with E-state index in [0.717, 1.165) is 0 Å². The summed E-state index contributed by atoms with van der Waals surface area (Å²) in [7, 11) is 0. The van der Waals surface area contributed by atoms with Gasteiger partial charge in [-0.25, -0.2) is 0 Å². The molecular weight excluding hydrogens is 244 g/mol. The highest BCUT2D eigenvalue weighted by Gasteiger charge is 2.13. The van der Waals surface area contributed by atoms with Crippen LogP contribution in [0.5, 0.6) is 0 Å². The quantitative estimate of drug-likeness (QED) is 0.861. The molecule has 1 amide bonds. The van der Waals surface area contributed by atoms with Gasteiger partial charge in [0.25, 0.3) is 5.91 Å². The Bertz CT molecular complexity index is 568. The fourth-order valence-electron chi connectivity index (χ4n) is 1.79. The van der Waals surface area contributed by atoms with Crippen molar-refractivity contribution in [2.45, 2.75) is 13.5 Å². The number of aromatic nitrogens is 3. The van der Waals surface area contributed by atoms with Crippen LogP contribution in [0.3, 0.4) is 0 Å². The van der Waals surface area contributed by atoms with Crippen molar-refractivity contribution < 1.29 is 4.79 Å². The van der Waals surface area contributed by atoms with Gasteiger partial charge in [0.15, 0.2) is 0 Å². The van der Waals surface area contributed by atoms with E-state index in [4.69, 9.17) is 0 Å². The molecule has 2 heterocycles. The van der Waals surface area contributed by atoms with E-state index in [2.05, 4.69) is 10.1 Å². The van der Waals surface area contributed by atoms with Crippen molar-refractivity contribution in [1.82, 2.24) is 19.7 Å². The lowest BCUT2D eigenvalue weighted by Gasteiger charge is -2.20. The SMILES string of the molecule is CCN(CCn1cccn1)C(=O)c1ccc(=O)[nH]c1. The number of rotatable bonds is 5. The van der Waals surface area contributed by atoms with Gasteiger partial charge in [-0.3, -0.25) is 14.3 Å². The summed E-state index contributed by atoms with van der Waals surface area (Å²) in [5, 5.41) is 4.10. The van der Waals surface area contributed by atoms with Crippen molar-refractivity contribution in [3.8, 4) is 0 Å². The highest BCUT2D eigenvalue weighted by molar-refractivity contribution is 5.93. The summed E-state index contributed by atoms with van der Waals surface area (Å²) in [6.45, 7) is 3.76. The molecule has 6 heteroatoms. The molecule has 2 rings (SSSR count).